The quantitative estimate of drug-likeness (QED) is 0.770. The van der Waals surface area contributed by atoms with E-state index in [4.69, 9.17) is 0 Å². The van der Waals surface area contributed by atoms with Gasteiger partial charge < -0.3 is 18.9 Å². The van der Waals surface area contributed by atoms with E-state index in [0.29, 0.717) is 26.1 Å². The number of fused-ring (bicyclic) bond motifs is 1. The molecule has 1 amide bonds. The van der Waals surface area contributed by atoms with Gasteiger partial charge in [-0.25, -0.2) is 0 Å². The van der Waals surface area contributed by atoms with E-state index in [0.717, 1.165) is 18.2 Å². The third-order valence-electron chi connectivity index (χ3n) is 4.52. The summed E-state index contributed by atoms with van der Waals surface area (Å²) in [4.78, 5) is 28.6. The van der Waals surface area contributed by atoms with E-state index in [1.54, 1.807) is 22.9 Å². The minimum absolute atomic E-state index is 0.0366. The molecule has 3 rings (SSSR count). The Balaban J connectivity index is 1.74. The van der Waals surface area contributed by atoms with Gasteiger partial charge in [0.15, 0.2) is 5.82 Å². The van der Waals surface area contributed by atoms with Crippen LogP contribution in [-0.2, 0) is 24.4 Å². The highest BCUT2D eigenvalue weighted by Crippen LogP contribution is 2.19. The lowest BCUT2D eigenvalue weighted by molar-refractivity contribution is -0.136. The second-order valence-corrected chi connectivity index (χ2v) is 6.69. The van der Waals surface area contributed by atoms with E-state index >= 15 is 0 Å². The fraction of sp³-hybridized carbons (Fsp3) is 0.529. The van der Waals surface area contributed by atoms with Gasteiger partial charge in [-0.3, -0.25) is 9.59 Å². The van der Waals surface area contributed by atoms with Crippen molar-refractivity contribution in [2.45, 2.75) is 39.0 Å². The van der Waals surface area contributed by atoms with Crippen molar-refractivity contribution in [3.05, 3.63) is 46.4 Å². The Morgan fingerprint density at radius 1 is 1.32 bits per heavy atom. The monoisotopic (exact) mass is 344 g/mol. The molecule has 0 saturated heterocycles. The van der Waals surface area contributed by atoms with Crippen molar-refractivity contribution in [3.8, 4) is 0 Å². The number of amides is 1. The largest absolute Gasteiger partial charge is 0.329 e. The molecule has 2 aromatic rings. The van der Waals surface area contributed by atoms with Crippen molar-refractivity contribution in [1.29, 1.82) is 0 Å². The highest BCUT2D eigenvalue weighted by atomic mass is 16.2. The van der Waals surface area contributed by atoms with Gasteiger partial charge in [-0.1, -0.05) is 6.07 Å². The van der Waals surface area contributed by atoms with Crippen LogP contribution >= 0.6 is 0 Å². The zero-order valence-corrected chi connectivity index (χ0v) is 14.9. The van der Waals surface area contributed by atoms with Crippen molar-refractivity contribution in [3.63, 3.8) is 0 Å². The molecule has 1 aliphatic heterocycles. The van der Waals surface area contributed by atoms with Crippen LogP contribution in [0, 0.1) is 6.92 Å². The Hall–Kier alpha value is -2.48. The van der Waals surface area contributed by atoms with E-state index in [9.17, 15) is 9.59 Å². The van der Waals surface area contributed by atoms with Crippen LogP contribution in [0.1, 0.15) is 18.1 Å². The Bertz CT molecular complexity index is 809. The van der Waals surface area contributed by atoms with Crippen molar-refractivity contribution in [2.75, 3.05) is 20.6 Å². The summed E-state index contributed by atoms with van der Waals surface area (Å²) < 4.78 is 3.65. The van der Waals surface area contributed by atoms with Crippen LogP contribution in [0.15, 0.2) is 29.2 Å². The first-order valence-electron chi connectivity index (χ1n) is 8.44. The van der Waals surface area contributed by atoms with E-state index < -0.39 is 0 Å². The molecule has 8 heteroatoms. The predicted octanol–water partition coefficient (Wildman–Crippen LogP) is 0.111. The second-order valence-electron chi connectivity index (χ2n) is 6.69. The summed E-state index contributed by atoms with van der Waals surface area (Å²) in [5.41, 5.74) is -0.0887. The molecule has 0 radical (unpaired) electrons. The molecule has 8 nitrogen and oxygen atoms in total. The Morgan fingerprint density at radius 3 is 2.84 bits per heavy atom. The molecule has 2 aromatic heterocycles. The van der Waals surface area contributed by atoms with Crippen LogP contribution in [0.2, 0.25) is 0 Å². The summed E-state index contributed by atoms with van der Waals surface area (Å²) in [6.07, 6.45) is 2.00. The second kappa shape index (κ2) is 7.18. The SMILES string of the molecule is Cc1nnc2n1CC(CN(C)C)N(C(=O)CCn1ccccc1=O)C2. The zero-order valence-electron chi connectivity index (χ0n) is 14.9. The fourth-order valence-corrected chi connectivity index (χ4v) is 3.24. The predicted molar refractivity (Wildman–Crippen MR) is 93.0 cm³/mol. The fourth-order valence-electron chi connectivity index (χ4n) is 3.24. The topological polar surface area (TPSA) is 76.3 Å². The minimum atomic E-state index is -0.0887. The van der Waals surface area contributed by atoms with Gasteiger partial charge in [-0.2, -0.15) is 0 Å². The maximum Gasteiger partial charge on any atom is 0.250 e. The molecule has 0 N–H and O–H groups in total. The highest BCUT2D eigenvalue weighted by Gasteiger charge is 2.31. The normalized spacial score (nSPS) is 17.0. The van der Waals surface area contributed by atoms with Gasteiger partial charge >= 0.3 is 0 Å². The lowest BCUT2D eigenvalue weighted by atomic mass is 10.1. The van der Waals surface area contributed by atoms with Crippen LogP contribution in [0.3, 0.4) is 0 Å². The number of hydrogen-bond acceptors (Lipinski definition) is 5. The number of carbonyl (C=O) groups is 1. The van der Waals surface area contributed by atoms with Crippen LogP contribution in [0.4, 0.5) is 0 Å². The molecule has 0 fully saturated rings. The Morgan fingerprint density at radius 2 is 2.12 bits per heavy atom. The van der Waals surface area contributed by atoms with Gasteiger partial charge in [-0.15, -0.1) is 10.2 Å². The minimum Gasteiger partial charge on any atom is -0.329 e. The molecular formula is C17H24N6O2. The molecule has 25 heavy (non-hydrogen) atoms. The lowest BCUT2D eigenvalue weighted by Crippen LogP contribution is -2.51. The summed E-state index contributed by atoms with van der Waals surface area (Å²) in [7, 11) is 4.00. The highest BCUT2D eigenvalue weighted by molar-refractivity contribution is 5.76. The molecule has 0 bridgehead atoms. The molecule has 3 heterocycles. The number of nitrogens with zero attached hydrogens (tertiary/aromatic N) is 6. The average Bonchev–Trinajstić information content (AvgIpc) is 2.93. The van der Waals surface area contributed by atoms with Gasteiger partial charge in [-0.05, 0) is 27.1 Å². The smallest absolute Gasteiger partial charge is 0.250 e. The molecule has 1 atom stereocenters. The summed E-state index contributed by atoms with van der Waals surface area (Å²) in [6.45, 7) is 4.25. The first-order valence-corrected chi connectivity index (χ1v) is 8.44. The number of carbonyl (C=O) groups excluding carboxylic acids is 1. The van der Waals surface area contributed by atoms with E-state index in [1.165, 1.54) is 6.07 Å². The lowest BCUT2D eigenvalue weighted by Gasteiger charge is -2.37. The van der Waals surface area contributed by atoms with E-state index in [2.05, 4.69) is 19.7 Å². The molecule has 134 valence electrons. The molecule has 0 aromatic carbocycles. The average molecular weight is 344 g/mol. The van der Waals surface area contributed by atoms with Crippen molar-refractivity contribution < 1.29 is 4.79 Å². The van der Waals surface area contributed by atoms with Gasteiger partial charge in [0.05, 0.1) is 12.6 Å². The number of hydrogen-bond donors (Lipinski definition) is 0. The van der Waals surface area contributed by atoms with E-state index in [-0.39, 0.29) is 17.5 Å². The maximum atomic E-state index is 12.8. The maximum absolute atomic E-state index is 12.8. The van der Waals surface area contributed by atoms with Gasteiger partial charge in [0, 0.05) is 38.3 Å². The number of rotatable bonds is 5. The summed E-state index contributed by atoms with van der Waals surface area (Å²) in [5, 5.41) is 8.31. The van der Waals surface area contributed by atoms with Gasteiger partial charge in [0.1, 0.15) is 5.82 Å². The first kappa shape index (κ1) is 17.3. The standard InChI is InChI=1S/C17H24N6O2/c1-13-18-19-15-12-23(14(10-20(2)3)11-22(13)15)17(25)7-9-21-8-5-4-6-16(21)24/h4-6,8,14H,7,9-12H2,1-3H3. The molecular weight excluding hydrogens is 320 g/mol. The van der Waals surface area contributed by atoms with Crippen LogP contribution in [-0.4, -0.2) is 61.7 Å². The third kappa shape index (κ3) is 3.79. The van der Waals surface area contributed by atoms with Gasteiger partial charge in [0.2, 0.25) is 5.91 Å². The summed E-state index contributed by atoms with van der Waals surface area (Å²) in [5.74, 6) is 1.73. The molecule has 0 spiro atoms. The Kier molecular flexibility index (Phi) is 4.98. The zero-order chi connectivity index (χ0) is 18.0. The third-order valence-corrected chi connectivity index (χ3v) is 4.52. The molecule has 1 unspecified atom stereocenters. The van der Waals surface area contributed by atoms with Crippen LogP contribution < -0.4 is 5.56 Å². The van der Waals surface area contributed by atoms with E-state index in [1.807, 2.05) is 25.9 Å². The first-order chi connectivity index (χ1) is 12.0. The molecule has 0 saturated carbocycles. The van der Waals surface area contributed by atoms with Crippen LogP contribution in [0.5, 0.6) is 0 Å². The molecule has 1 aliphatic rings. The number of pyridine rings is 1. The summed E-state index contributed by atoms with van der Waals surface area (Å²) >= 11 is 0. The van der Waals surface area contributed by atoms with Crippen molar-refractivity contribution in [2.24, 2.45) is 0 Å². The van der Waals surface area contributed by atoms with Crippen molar-refractivity contribution in [1.82, 2.24) is 29.1 Å². The van der Waals surface area contributed by atoms with Crippen molar-refractivity contribution >= 4 is 5.91 Å². The number of aryl methyl sites for hydroxylation is 2. The Labute approximate surface area is 146 Å². The van der Waals surface area contributed by atoms with Gasteiger partial charge in [0.25, 0.3) is 5.56 Å². The molecule has 0 aliphatic carbocycles. The number of aromatic nitrogens is 4. The van der Waals surface area contributed by atoms with Crippen LogP contribution in [0.25, 0.3) is 0 Å². The number of likely N-dealkylation sites (N-methyl/N-ethyl adjacent to an activating group) is 1. The summed E-state index contributed by atoms with van der Waals surface area (Å²) in [6, 6.07) is 5.07.